The lowest BCUT2D eigenvalue weighted by atomic mass is 10.0. The molecule has 2 N–H and O–H groups in total. The summed E-state index contributed by atoms with van der Waals surface area (Å²) in [5, 5.41) is 4.51. The first-order valence-corrected chi connectivity index (χ1v) is 6.88. The Morgan fingerprint density at radius 3 is 2.74 bits per heavy atom. The second-order valence-corrected chi connectivity index (χ2v) is 5.67. The normalized spacial score (nSPS) is 26.0. The van der Waals surface area contributed by atoms with Gasteiger partial charge in [0.25, 0.3) is 5.91 Å². The highest BCUT2D eigenvalue weighted by Crippen LogP contribution is 2.27. The summed E-state index contributed by atoms with van der Waals surface area (Å²) in [5.41, 5.74) is 1.89. The van der Waals surface area contributed by atoms with Crippen molar-refractivity contribution < 1.29 is 4.79 Å². The topological polar surface area (TPSA) is 48.1 Å². The Balaban J connectivity index is 1.59. The molecule has 0 bridgehead atoms. The fourth-order valence-corrected chi connectivity index (χ4v) is 3.39. The number of fused-ring (bicyclic) bond motifs is 2. The molecule has 0 saturated carbocycles. The van der Waals surface area contributed by atoms with Crippen molar-refractivity contribution in [3.63, 3.8) is 0 Å². The number of hydrogen-bond donors (Lipinski definition) is 2. The van der Waals surface area contributed by atoms with Gasteiger partial charge in [0.1, 0.15) is 0 Å². The molecular formula is C15H17N3O. The van der Waals surface area contributed by atoms with Crippen LogP contribution in [0.4, 0.5) is 0 Å². The highest BCUT2D eigenvalue weighted by molar-refractivity contribution is 5.98. The number of carbonyl (C=O) groups excluding carboxylic acids is 1. The first-order valence-electron chi connectivity index (χ1n) is 6.88. The van der Waals surface area contributed by atoms with Crippen molar-refractivity contribution in [3.05, 3.63) is 36.0 Å². The Bertz CT molecular complexity index is 621. The van der Waals surface area contributed by atoms with Crippen molar-refractivity contribution in [2.45, 2.75) is 0 Å². The predicted octanol–water partition coefficient (Wildman–Crippen LogP) is 1.46. The predicted molar refractivity (Wildman–Crippen MR) is 74.1 cm³/mol. The number of rotatable bonds is 1. The minimum atomic E-state index is 0.178. The highest BCUT2D eigenvalue weighted by atomic mass is 16.2. The van der Waals surface area contributed by atoms with Gasteiger partial charge in [-0.1, -0.05) is 0 Å². The van der Waals surface area contributed by atoms with Gasteiger partial charge in [0, 0.05) is 48.8 Å². The van der Waals surface area contributed by atoms with E-state index in [1.54, 1.807) is 0 Å². The van der Waals surface area contributed by atoms with Crippen LogP contribution >= 0.6 is 0 Å². The largest absolute Gasteiger partial charge is 0.361 e. The zero-order chi connectivity index (χ0) is 12.8. The van der Waals surface area contributed by atoms with Gasteiger partial charge < -0.3 is 15.2 Å². The molecule has 2 aromatic rings. The SMILES string of the molecule is O=C(c1ccc2[nH]ccc2c1)N1C[C@H]2CNC[C@H]2C1. The number of aromatic amines is 1. The molecule has 4 heteroatoms. The molecule has 98 valence electrons. The average molecular weight is 255 g/mol. The highest BCUT2D eigenvalue weighted by Gasteiger charge is 2.38. The summed E-state index contributed by atoms with van der Waals surface area (Å²) in [6.07, 6.45) is 1.91. The number of aromatic nitrogens is 1. The van der Waals surface area contributed by atoms with Gasteiger partial charge in [0.15, 0.2) is 0 Å². The maximum atomic E-state index is 12.5. The molecule has 0 unspecified atom stereocenters. The van der Waals surface area contributed by atoms with Gasteiger partial charge in [-0.2, -0.15) is 0 Å². The van der Waals surface area contributed by atoms with Crippen molar-refractivity contribution in [3.8, 4) is 0 Å². The lowest BCUT2D eigenvalue weighted by molar-refractivity contribution is 0.0782. The van der Waals surface area contributed by atoms with Crippen LogP contribution in [0.1, 0.15) is 10.4 Å². The molecule has 2 atom stereocenters. The Morgan fingerprint density at radius 1 is 1.16 bits per heavy atom. The minimum Gasteiger partial charge on any atom is -0.361 e. The molecule has 2 aliphatic rings. The lowest BCUT2D eigenvalue weighted by Crippen LogP contribution is -2.31. The van der Waals surface area contributed by atoms with Crippen LogP contribution in [-0.4, -0.2) is 42.0 Å². The van der Waals surface area contributed by atoms with Crippen molar-refractivity contribution >= 4 is 16.8 Å². The second-order valence-electron chi connectivity index (χ2n) is 5.67. The summed E-state index contributed by atoms with van der Waals surface area (Å²) in [4.78, 5) is 17.7. The first-order chi connectivity index (χ1) is 9.31. The number of amides is 1. The van der Waals surface area contributed by atoms with E-state index < -0.39 is 0 Å². The Hall–Kier alpha value is -1.81. The number of benzene rings is 1. The van der Waals surface area contributed by atoms with Gasteiger partial charge >= 0.3 is 0 Å². The summed E-state index contributed by atoms with van der Waals surface area (Å²) in [6, 6.07) is 7.91. The van der Waals surface area contributed by atoms with E-state index in [0.29, 0.717) is 11.8 Å². The maximum Gasteiger partial charge on any atom is 0.253 e. The summed E-state index contributed by atoms with van der Waals surface area (Å²) in [6.45, 7) is 3.93. The van der Waals surface area contributed by atoms with Gasteiger partial charge in [0.2, 0.25) is 0 Å². The standard InChI is InChI=1S/C15H17N3O/c19-15(18-8-12-6-16-7-13(12)9-18)11-1-2-14-10(5-11)3-4-17-14/h1-5,12-13,16-17H,6-9H2/t12-,13+. The number of hydrogen-bond acceptors (Lipinski definition) is 2. The molecule has 2 aliphatic heterocycles. The van der Waals surface area contributed by atoms with E-state index in [2.05, 4.69) is 10.3 Å². The fraction of sp³-hybridized carbons (Fsp3) is 0.400. The summed E-state index contributed by atoms with van der Waals surface area (Å²) in [5.74, 6) is 1.48. The van der Waals surface area contributed by atoms with Crippen molar-refractivity contribution in [2.75, 3.05) is 26.2 Å². The second kappa shape index (κ2) is 4.10. The van der Waals surface area contributed by atoms with E-state index in [-0.39, 0.29) is 5.91 Å². The number of likely N-dealkylation sites (tertiary alicyclic amines) is 1. The Kier molecular flexibility index (Phi) is 2.38. The molecule has 0 radical (unpaired) electrons. The van der Waals surface area contributed by atoms with Crippen molar-refractivity contribution in [2.24, 2.45) is 11.8 Å². The van der Waals surface area contributed by atoms with Crippen LogP contribution in [0.2, 0.25) is 0 Å². The molecule has 4 nitrogen and oxygen atoms in total. The van der Waals surface area contributed by atoms with Crippen LogP contribution in [0.5, 0.6) is 0 Å². The number of H-pyrrole nitrogens is 1. The third-order valence-electron chi connectivity index (χ3n) is 4.48. The quantitative estimate of drug-likeness (QED) is 0.810. The lowest BCUT2D eigenvalue weighted by Gasteiger charge is -2.17. The molecule has 3 heterocycles. The van der Waals surface area contributed by atoms with E-state index in [1.165, 1.54) is 0 Å². The van der Waals surface area contributed by atoms with Crippen molar-refractivity contribution in [1.29, 1.82) is 0 Å². The average Bonchev–Trinajstić information content (AvgIpc) is 3.11. The van der Waals surface area contributed by atoms with E-state index in [9.17, 15) is 4.79 Å². The number of carbonyl (C=O) groups is 1. The fourth-order valence-electron chi connectivity index (χ4n) is 3.39. The maximum absolute atomic E-state index is 12.5. The molecule has 1 amide bonds. The van der Waals surface area contributed by atoms with Gasteiger partial charge in [-0.05, 0) is 36.1 Å². The molecule has 1 aromatic carbocycles. The third kappa shape index (κ3) is 1.75. The summed E-state index contributed by atoms with van der Waals surface area (Å²) in [7, 11) is 0. The van der Waals surface area contributed by atoms with Gasteiger partial charge in [-0.3, -0.25) is 4.79 Å². The van der Waals surface area contributed by atoms with Crippen LogP contribution in [-0.2, 0) is 0 Å². The number of nitrogens with one attached hydrogen (secondary N) is 2. The Morgan fingerprint density at radius 2 is 1.95 bits per heavy atom. The molecule has 0 aliphatic carbocycles. The first kappa shape index (κ1) is 11.1. The minimum absolute atomic E-state index is 0.178. The molecule has 1 aromatic heterocycles. The molecular weight excluding hydrogens is 238 g/mol. The third-order valence-corrected chi connectivity index (χ3v) is 4.48. The van der Waals surface area contributed by atoms with Crippen LogP contribution in [0.25, 0.3) is 10.9 Å². The van der Waals surface area contributed by atoms with Gasteiger partial charge in [-0.15, -0.1) is 0 Å². The van der Waals surface area contributed by atoms with Crippen LogP contribution in [0.3, 0.4) is 0 Å². The Labute approximate surface area is 111 Å². The van der Waals surface area contributed by atoms with Crippen molar-refractivity contribution in [1.82, 2.24) is 15.2 Å². The van der Waals surface area contributed by atoms with Crippen LogP contribution in [0.15, 0.2) is 30.5 Å². The van der Waals surface area contributed by atoms with Gasteiger partial charge in [-0.25, -0.2) is 0 Å². The van der Waals surface area contributed by atoms with E-state index >= 15 is 0 Å². The summed E-state index contributed by atoms with van der Waals surface area (Å²) >= 11 is 0. The monoisotopic (exact) mass is 255 g/mol. The van der Waals surface area contributed by atoms with E-state index in [4.69, 9.17) is 0 Å². The zero-order valence-electron chi connectivity index (χ0n) is 10.7. The number of nitrogens with zero attached hydrogens (tertiary/aromatic N) is 1. The van der Waals surface area contributed by atoms with Crippen LogP contribution < -0.4 is 5.32 Å². The van der Waals surface area contributed by atoms with Gasteiger partial charge in [0.05, 0.1) is 0 Å². The zero-order valence-corrected chi connectivity index (χ0v) is 10.7. The smallest absolute Gasteiger partial charge is 0.253 e. The van der Waals surface area contributed by atoms with E-state index in [0.717, 1.165) is 42.6 Å². The molecule has 19 heavy (non-hydrogen) atoms. The molecule has 0 spiro atoms. The van der Waals surface area contributed by atoms with E-state index in [1.807, 2.05) is 35.4 Å². The molecule has 2 fully saturated rings. The molecule has 4 rings (SSSR count). The molecule has 2 saturated heterocycles. The van der Waals surface area contributed by atoms with Crippen LogP contribution in [0, 0.1) is 11.8 Å². The summed E-state index contributed by atoms with van der Waals surface area (Å²) < 4.78 is 0.